The summed E-state index contributed by atoms with van der Waals surface area (Å²) < 4.78 is 7.79. The van der Waals surface area contributed by atoms with Gasteiger partial charge in [-0.25, -0.2) is 0 Å². The van der Waals surface area contributed by atoms with Crippen molar-refractivity contribution in [3.05, 3.63) is 11.6 Å². The standard InChI is InChI=1S/C13H24N4O/c1-4-8-18-9-5-11-15-16-13-12(10(2)3)14-6-7-17(11)13/h10,12,14H,4-9H2,1-3H3. The van der Waals surface area contributed by atoms with Crippen molar-refractivity contribution >= 4 is 0 Å². The predicted molar refractivity (Wildman–Crippen MR) is 70.4 cm³/mol. The summed E-state index contributed by atoms with van der Waals surface area (Å²) in [6, 6.07) is 0.330. The number of ether oxygens (including phenoxy) is 1. The van der Waals surface area contributed by atoms with Gasteiger partial charge in [0.2, 0.25) is 0 Å². The van der Waals surface area contributed by atoms with Gasteiger partial charge in [0.05, 0.1) is 12.6 Å². The van der Waals surface area contributed by atoms with Crippen LogP contribution in [0.1, 0.15) is 44.9 Å². The quantitative estimate of drug-likeness (QED) is 0.780. The van der Waals surface area contributed by atoms with Crippen LogP contribution >= 0.6 is 0 Å². The van der Waals surface area contributed by atoms with Crippen molar-refractivity contribution in [2.75, 3.05) is 19.8 Å². The lowest BCUT2D eigenvalue weighted by Gasteiger charge is -2.27. The molecule has 1 atom stereocenters. The molecule has 0 spiro atoms. The number of nitrogens with zero attached hydrogens (tertiary/aromatic N) is 3. The SMILES string of the molecule is CCCOCCc1nnc2n1CCNC2C(C)C. The van der Waals surface area contributed by atoms with E-state index in [-0.39, 0.29) is 0 Å². The molecule has 102 valence electrons. The lowest BCUT2D eigenvalue weighted by atomic mass is 10.0. The molecule has 1 aliphatic heterocycles. The summed E-state index contributed by atoms with van der Waals surface area (Å²) in [5.74, 6) is 2.69. The van der Waals surface area contributed by atoms with Gasteiger partial charge in [-0.3, -0.25) is 0 Å². The van der Waals surface area contributed by atoms with Crippen LogP contribution in [-0.4, -0.2) is 34.5 Å². The van der Waals surface area contributed by atoms with Crippen LogP contribution in [0.2, 0.25) is 0 Å². The number of hydrogen-bond acceptors (Lipinski definition) is 4. The van der Waals surface area contributed by atoms with Crippen molar-refractivity contribution in [3.63, 3.8) is 0 Å². The first-order chi connectivity index (χ1) is 8.74. The fraction of sp³-hybridized carbons (Fsp3) is 0.846. The number of fused-ring (bicyclic) bond motifs is 1. The molecular formula is C13H24N4O. The van der Waals surface area contributed by atoms with Crippen LogP contribution in [0.15, 0.2) is 0 Å². The van der Waals surface area contributed by atoms with E-state index in [2.05, 4.69) is 40.9 Å². The first-order valence-electron chi connectivity index (χ1n) is 6.97. The molecular weight excluding hydrogens is 228 g/mol. The molecule has 18 heavy (non-hydrogen) atoms. The third-order valence-electron chi connectivity index (χ3n) is 3.32. The van der Waals surface area contributed by atoms with Crippen molar-refractivity contribution in [1.29, 1.82) is 0 Å². The van der Waals surface area contributed by atoms with E-state index in [4.69, 9.17) is 4.74 Å². The minimum absolute atomic E-state index is 0.330. The Morgan fingerprint density at radius 3 is 2.94 bits per heavy atom. The average Bonchev–Trinajstić information content (AvgIpc) is 2.77. The van der Waals surface area contributed by atoms with Crippen molar-refractivity contribution < 1.29 is 4.74 Å². The third kappa shape index (κ3) is 2.90. The Hall–Kier alpha value is -0.940. The molecule has 1 aromatic rings. The van der Waals surface area contributed by atoms with E-state index >= 15 is 0 Å². The normalized spacial score (nSPS) is 19.2. The molecule has 2 rings (SSSR count). The van der Waals surface area contributed by atoms with Gasteiger partial charge in [0.25, 0.3) is 0 Å². The van der Waals surface area contributed by atoms with Crippen LogP contribution in [-0.2, 0) is 17.7 Å². The molecule has 0 bridgehead atoms. The van der Waals surface area contributed by atoms with Crippen LogP contribution in [0.3, 0.4) is 0 Å². The van der Waals surface area contributed by atoms with E-state index in [0.717, 1.165) is 50.8 Å². The van der Waals surface area contributed by atoms with Gasteiger partial charge in [0.15, 0.2) is 5.82 Å². The molecule has 0 saturated heterocycles. The summed E-state index contributed by atoms with van der Waals surface area (Å²) in [6.45, 7) is 10.1. The van der Waals surface area contributed by atoms with Crippen molar-refractivity contribution in [2.45, 2.75) is 46.2 Å². The number of nitrogens with one attached hydrogen (secondary N) is 1. The second kappa shape index (κ2) is 6.29. The maximum Gasteiger partial charge on any atom is 0.150 e. The first kappa shape index (κ1) is 13.5. The lowest BCUT2D eigenvalue weighted by Crippen LogP contribution is -2.37. The highest BCUT2D eigenvalue weighted by molar-refractivity contribution is 5.05. The van der Waals surface area contributed by atoms with E-state index in [9.17, 15) is 0 Å². The summed E-state index contributed by atoms with van der Waals surface area (Å²) in [5, 5.41) is 12.2. The smallest absolute Gasteiger partial charge is 0.150 e. The van der Waals surface area contributed by atoms with E-state index in [1.807, 2.05) is 0 Å². The van der Waals surface area contributed by atoms with Crippen molar-refractivity contribution in [1.82, 2.24) is 20.1 Å². The second-order valence-corrected chi connectivity index (χ2v) is 5.16. The minimum atomic E-state index is 0.330. The highest BCUT2D eigenvalue weighted by atomic mass is 16.5. The van der Waals surface area contributed by atoms with Gasteiger partial charge in [0.1, 0.15) is 5.82 Å². The molecule has 1 N–H and O–H groups in total. The molecule has 0 saturated carbocycles. The summed E-state index contributed by atoms with van der Waals surface area (Å²) in [4.78, 5) is 0. The van der Waals surface area contributed by atoms with Crippen LogP contribution in [0.5, 0.6) is 0 Å². The highest BCUT2D eigenvalue weighted by Gasteiger charge is 2.26. The van der Waals surface area contributed by atoms with E-state index < -0.39 is 0 Å². The van der Waals surface area contributed by atoms with E-state index in [1.54, 1.807) is 0 Å². The Bertz CT molecular complexity index is 375. The minimum Gasteiger partial charge on any atom is -0.381 e. The molecule has 0 aliphatic carbocycles. The summed E-state index contributed by atoms with van der Waals surface area (Å²) in [5.41, 5.74) is 0. The number of rotatable bonds is 6. The fourth-order valence-electron chi connectivity index (χ4n) is 2.37. The Kier molecular flexibility index (Phi) is 4.72. The lowest BCUT2D eigenvalue weighted by molar-refractivity contribution is 0.135. The van der Waals surface area contributed by atoms with Gasteiger partial charge in [-0.15, -0.1) is 10.2 Å². The van der Waals surface area contributed by atoms with Crippen LogP contribution < -0.4 is 5.32 Å². The predicted octanol–water partition coefficient (Wildman–Crippen LogP) is 1.55. The maximum atomic E-state index is 5.52. The Morgan fingerprint density at radius 1 is 1.39 bits per heavy atom. The molecule has 5 heteroatoms. The van der Waals surface area contributed by atoms with Crippen molar-refractivity contribution in [3.8, 4) is 0 Å². The molecule has 1 aromatic heterocycles. The van der Waals surface area contributed by atoms with Crippen LogP contribution in [0, 0.1) is 5.92 Å². The van der Waals surface area contributed by atoms with Crippen LogP contribution in [0.4, 0.5) is 0 Å². The van der Waals surface area contributed by atoms with Gasteiger partial charge in [-0.1, -0.05) is 20.8 Å². The maximum absolute atomic E-state index is 5.52. The Morgan fingerprint density at radius 2 is 2.22 bits per heavy atom. The molecule has 2 heterocycles. The number of hydrogen-bond donors (Lipinski definition) is 1. The number of aromatic nitrogens is 3. The Balaban J connectivity index is 2.01. The zero-order chi connectivity index (χ0) is 13.0. The fourth-order valence-corrected chi connectivity index (χ4v) is 2.37. The summed E-state index contributed by atoms with van der Waals surface area (Å²) in [7, 11) is 0. The molecule has 1 aliphatic rings. The highest BCUT2D eigenvalue weighted by Crippen LogP contribution is 2.23. The third-order valence-corrected chi connectivity index (χ3v) is 3.32. The zero-order valence-electron chi connectivity index (χ0n) is 11.6. The topological polar surface area (TPSA) is 52.0 Å². The monoisotopic (exact) mass is 252 g/mol. The van der Waals surface area contributed by atoms with Gasteiger partial charge < -0.3 is 14.6 Å². The molecule has 1 unspecified atom stereocenters. The summed E-state index contributed by atoms with van der Waals surface area (Å²) in [6.07, 6.45) is 1.93. The Labute approximate surface area is 109 Å². The summed E-state index contributed by atoms with van der Waals surface area (Å²) >= 11 is 0. The van der Waals surface area contributed by atoms with E-state index in [0.29, 0.717) is 12.0 Å². The van der Waals surface area contributed by atoms with E-state index in [1.165, 1.54) is 0 Å². The van der Waals surface area contributed by atoms with Gasteiger partial charge in [0, 0.05) is 26.1 Å². The second-order valence-electron chi connectivity index (χ2n) is 5.16. The zero-order valence-corrected chi connectivity index (χ0v) is 11.6. The molecule has 5 nitrogen and oxygen atoms in total. The first-order valence-corrected chi connectivity index (χ1v) is 6.97. The molecule has 0 aromatic carbocycles. The molecule has 0 fully saturated rings. The van der Waals surface area contributed by atoms with Gasteiger partial charge in [-0.05, 0) is 12.3 Å². The average molecular weight is 252 g/mol. The van der Waals surface area contributed by atoms with Crippen LogP contribution in [0.25, 0.3) is 0 Å². The van der Waals surface area contributed by atoms with Gasteiger partial charge >= 0.3 is 0 Å². The largest absolute Gasteiger partial charge is 0.381 e. The molecule has 0 amide bonds. The molecule has 0 radical (unpaired) electrons. The van der Waals surface area contributed by atoms with Gasteiger partial charge in [-0.2, -0.15) is 0 Å². The van der Waals surface area contributed by atoms with Crippen molar-refractivity contribution in [2.24, 2.45) is 5.92 Å².